The third-order valence-electron chi connectivity index (χ3n) is 3.75. The van der Waals surface area contributed by atoms with E-state index in [9.17, 15) is 9.59 Å². The van der Waals surface area contributed by atoms with E-state index in [0.717, 1.165) is 24.8 Å². The Balaban J connectivity index is 2.28. The van der Waals surface area contributed by atoms with Crippen molar-refractivity contribution >= 4 is 23.5 Å². The highest BCUT2D eigenvalue weighted by atomic mass is 35.5. The Morgan fingerprint density at radius 2 is 1.87 bits per heavy atom. The lowest BCUT2D eigenvalue weighted by Gasteiger charge is -2.24. The van der Waals surface area contributed by atoms with Crippen LogP contribution in [0.2, 0.25) is 5.02 Å². The number of carboxylic acids is 1. The van der Waals surface area contributed by atoms with Crippen molar-refractivity contribution in [1.29, 1.82) is 0 Å². The second-order valence-corrected chi connectivity index (χ2v) is 6.94. The third-order valence-corrected chi connectivity index (χ3v) is 3.99. The number of nitrogens with one attached hydrogen (secondary N) is 1. The molecule has 0 aliphatic rings. The lowest BCUT2D eigenvalue weighted by Crippen LogP contribution is -2.38. The molecule has 23 heavy (non-hydrogen) atoms. The Bertz CT molecular complexity index is 529. The zero-order valence-electron chi connectivity index (χ0n) is 13.9. The fourth-order valence-electron chi connectivity index (χ4n) is 2.43. The zero-order chi connectivity index (χ0) is 17.3. The molecule has 1 amide bonds. The third kappa shape index (κ3) is 8.03. The van der Waals surface area contributed by atoms with Crippen molar-refractivity contribution in [2.45, 2.75) is 52.4 Å². The van der Waals surface area contributed by atoms with Gasteiger partial charge in [0.1, 0.15) is 0 Å². The molecule has 5 heteroatoms. The van der Waals surface area contributed by atoms with Crippen molar-refractivity contribution in [2.24, 2.45) is 5.41 Å². The second-order valence-electron chi connectivity index (χ2n) is 6.50. The molecule has 0 spiro atoms. The van der Waals surface area contributed by atoms with Crippen molar-refractivity contribution in [3.63, 3.8) is 0 Å². The van der Waals surface area contributed by atoms with Crippen LogP contribution in [0.1, 0.15) is 51.5 Å². The van der Waals surface area contributed by atoms with E-state index in [1.54, 1.807) is 0 Å². The number of carbonyl (C=O) groups excluding carboxylic acids is 1. The molecular formula is C18H26ClNO3. The van der Waals surface area contributed by atoms with Gasteiger partial charge >= 0.3 is 5.97 Å². The van der Waals surface area contributed by atoms with E-state index in [1.807, 2.05) is 38.1 Å². The maximum absolute atomic E-state index is 12.3. The largest absolute Gasteiger partial charge is 0.481 e. The molecule has 128 valence electrons. The van der Waals surface area contributed by atoms with Crippen molar-refractivity contribution in [1.82, 2.24) is 5.32 Å². The molecule has 1 aromatic carbocycles. The Kier molecular flexibility index (Phi) is 8.10. The number of amides is 1. The second kappa shape index (κ2) is 9.56. The number of carbonyl (C=O) groups is 2. The van der Waals surface area contributed by atoms with Crippen LogP contribution >= 0.6 is 11.6 Å². The normalized spacial score (nSPS) is 11.3. The van der Waals surface area contributed by atoms with Gasteiger partial charge in [0.05, 0.1) is 0 Å². The van der Waals surface area contributed by atoms with Gasteiger partial charge in [-0.2, -0.15) is 0 Å². The minimum atomic E-state index is -0.749. The highest BCUT2D eigenvalue weighted by Crippen LogP contribution is 2.23. The Hall–Kier alpha value is -1.55. The molecule has 0 atom stereocenters. The van der Waals surface area contributed by atoms with E-state index in [2.05, 4.69) is 5.32 Å². The van der Waals surface area contributed by atoms with E-state index < -0.39 is 11.4 Å². The summed E-state index contributed by atoms with van der Waals surface area (Å²) in [6.45, 7) is 4.48. The van der Waals surface area contributed by atoms with E-state index in [-0.39, 0.29) is 12.3 Å². The lowest BCUT2D eigenvalue weighted by molar-refractivity contribution is -0.137. The topological polar surface area (TPSA) is 66.4 Å². The fraction of sp³-hybridized carbons (Fsp3) is 0.556. The van der Waals surface area contributed by atoms with Gasteiger partial charge < -0.3 is 10.4 Å². The van der Waals surface area contributed by atoms with Gasteiger partial charge in [-0.15, -0.1) is 0 Å². The number of hydrogen-bond donors (Lipinski definition) is 2. The van der Waals surface area contributed by atoms with Gasteiger partial charge in [-0.25, -0.2) is 0 Å². The van der Waals surface area contributed by atoms with Gasteiger partial charge in [0.2, 0.25) is 5.91 Å². The minimum Gasteiger partial charge on any atom is -0.481 e. The summed E-state index contributed by atoms with van der Waals surface area (Å²) in [6.07, 6.45) is 4.25. The van der Waals surface area contributed by atoms with Gasteiger partial charge in [-0.1, -0.05) is 50.4 Å². The Labute approximate surface area is 143 Å². The Morgan fingerprint density at radius 3 is 2.52 bits per heavy atom. The van der Waals surface area contributed by atoms with Gasteiger partial charge in [-0.3, -0.25) is 9.59 Å². The summed E-state index contributed by atoms with van der Waals surface area (Å²) in [5.41, 5.74) is 0.555. The first-order valence-electron chi connectivity index (χ1n) is 8.06. The molecule has 0 radical (unpaired) electrons. The fourth-order valence-corrected chi connectivity index (χ4v) is 2.65. The van der Waals surface area contributed by atoms with Crippen molar-refractivity contribution in [3.8, 4) is 0 Å². The summed E-state index contributed by atoms with van der Waals surface area (Å²) in [6, 6.07) is 7.58. The molecule has 0 aromatic heterocycles. The van der Waals surface area contributed by atoms with E-state index >= 15 is 0 Å². The molecule has 0 fully saturated rings. The SMILES string of the molecule is CC(C)(Cc1cccc(Cl)c1)C(=O)NCCCCCCC(=O)O. The highest BCUT2D eigenvalue weighted by Gasteiger charge is 2.27. The van der Waals surface area contributed by atoms with Crippen molar-refractivity contribution < 1.29 is 14.7 Å². The molecule has 4 nitrogen and oxygen atoms in total. The van der Waals surface area contributed by atoms with Crippen LogP contribution in [-0.2, 0) is 16.0 Å². The predicted octanol–water partition coefficient (Wildman–Crippen LogP) is 4.06. The number of hydrogen-bond acceptors (Lipinski definition) is 2. The molecule has 2 N–H and O–H groups in total. The van der Waals surface area contributed by atoms with Gasteiger partial charge in [0, 0.05) is 23.4 Å². The van der Waals surface area contributed by atoms with Crippen molar-refractivity contribution in [3.05, 3.63) is 34.9 Å². The average molecular weight is 340 g/mol. The first kappa shape index (κ1) is 19.5. The summed E-state index contributed by atoms with van der Waals surface area (Å²) in [5, 5.41) is 12.2. The monoisotopic (exact) mass is 339 g/mol. The number of unbranched alkanes of at least 4 members (excludes halogenated alkanes) is 3. The summed E-state index contributed by atoms with van der Waals surface area (Å²) < 4.78 is 0. The molecule has 0 aliphatic heterocycles. The van der Waals surface area contributed by atoms with Crippen LogP contribution in [0.25, 0.3) is 0 Å². The zero-order valence-corrected chi connectivity index (χ0v) is 14.7. The van der Waals surface area contributed by atoms with Crippen molar-refractivity contribution in [2.75, 3.05) is 6.54 Å². The number of rotatable bonds is 10. The van der Waals surface area contributed by atoms with Crippen LogP contribution in [-0.4, -0.2) is 23.5 Å². The molecule has 1 aromatic rings. The quantitative estimate of drug-likeness (QED) is 0.632. The lowest BCUT2D eigenvalue weighted by atomic mass is 9.85. The highest BCUT2D eigenvalue weighted by molar-refractivity contribution is 6.30. The van der Waals surface area contributed by atoms with Gasteiger partial charge in [-0.05, 0) is 37.0 Å². The van der Waals surface area contributed by atoms with Crippen LogP contribution in [0.15, 0.2) is 24.3 Å². The number of carboxylic acid groups (broad SMARTS) is 1. The summed E-state index contributed by atoms with van der Waals surface area (Å²) >= 11 is 5.98. The van der Waals surface area contributed by atoms with E-state index in [0.29, 0.717) is 24.4 Å². The maximum atomic E-state index is 12.3. The summed E-state index contributed by atoms with van der Waals surface area (Å²) in [4.78, 5) is 22.7. The molecule has 0 heterocycles. The van der Waals surface area contributed by atoms with Crippen LogP contribution in [0.3, 0.4) is 0 Å². The van der Waals surface area contributed by atoms with Gasteiger partial charge in [0.15, 0.2) is 0 Å². The first-order valence-corrected chi connectivity index (χ1v) is 8.43. The van der Waals surface area contributed by atoms with Crippen LogP contribution < -0.4 is 5.32 Å². The van der Waals surface area contributed by atoms with E-state index in [1.165, 1.54) is 0 Å². The standard InChI is InChI=1S/C18H26ClNO3/c1-18(2,13-14-8-7-9-15(19)12-14)17(23)20-11-6-4-3-5-10-16(21)22/h7-9,12H,3-6,10-11,13H2,1-2H3,(H,20,23)(H,21,22). The maximum Gasteiger partial charge on any atom is 0.303 e. The number of aliphatic carboxylic acids is 1. The molecular weight excluding hydrogens is 314 g/mol. The van der Waals surface area contributed by atoms with Crippen LogP contribution in [0.5, 0.6) is 0 Å². The molecule has 0 aliphatic carbocycles. The van der Waals surface area contributed by atoms with Crippen LogP contribution in [0, 0.1) is 5.41 Å². The molecule has 1 rings (SSSR count). The summed E-state index contributed by atoms with van der Waals surface area (Å²) in [7, 11) is 0. The van der Waals surface area contributed by atoms with Gasteiger partial charge in [0.25, 0.3) is 0 Å². The summed E-state index contributed by atoms with van der Waals surface area (Å²) in [5.74, 6) is -0.718. The van der Waals surface area contributed by atoms with E-state index in [4.69, 9.17) is 16.7 Å². The van der Waals surface area contributed by atoms with Crippen LogP contribution in [0.4, 0.5) is 0 Å². The minimum absolute atomic E-state index is 0.0306. The molecule has 0 saturated carbocycles. The predicted molar refractivity (Wildman–Crippen MR) is 92.7 cm³/mol. The molecule has 0 unspecified atom stereocenters. The molecule has 0 bridgehead atoms. The average Bonchev–Trinajstić information content (AvgIpc) is 2.45. The number of halogens is 1. The smallest absolute Gasteiger partial charge is 0.303 e. The molecule has 0 saturated heterocycles. The first-order chi connectivity index (χ1) is 10.8. The number of benzene rings is 1. The Morgan fingerprint density at radius 1 is 1.17 bits per heavy atom.